The van der Waals surface area contributed by atoms with Gasteiger partial charge in [0, 0.05) is 24.4 Å². The fourth-order valence-corrected chi connectivity index (χ4v) is 1.69. The molecule has 9 nitrogen and oxygen atoms in total. The number of nitro groups is 1. The first-order chi connectivity index (χ1) is 9.29. The lowest BCUT2D eigenvalue weighted by Crippen LogP contribution is -2.39. The highest BCUT2D eigenvalue weighted by Gasteiger charge is 2.15. The largest absolute Gasteiger partial charge is 0.398 e. The summed E-state index contributed by atoms with van der Waals surface area (Å²) in [5, 5.41) is 10.7. The van der Waals surface area contributed by atoms with Crippen LogP contribution in [0, 0.1) is 10.1 Å². The number of nitrogens with two attached hydrogens (primary N) is 3. The van der Waals surface area contributed by atoms with E-state index in [0.29, 0.717) is 11.3 Å². The fourth-order valence-electron chi connectivity index (χ4n) is 1.69. The van der Waals surface area contributed by atoms with Gasteiger partial charge in [-0.25, -0.2) is 0 Å². The van der Waals surface area contributed by atoms with E-state index in [1.165, 1.54) is 23.1 Å². The second kappa shape index (κ2) is 6.48. The first kappa shape index (κ1) is 15.4. The molecule has 6 N–H and O–H groups in total. The zero-order valence-electron chi connectivity index (χ0n) is 10.6. The highest BCUT2D eigenvalue weighted by molar-refractivity contribution is 5.79. The van der Waals surface area contributed by atoms with Crippen LogP contribution in [0.4, 0.5) is 11.4 Å². The molecule has 1 aromatic rings. The molecule has 0 saturated carbocycles. The molecular weight excluding hydrogens is 266 g/mol. The van der Waals surface area contributed by atoms with Gasteiger partial charge in [0.2, 0.25) is 11.8 Å². The van der Waals surface area contributed by atoms with Crippen molar-refractivity contribution in [3.63, 3.8) is 0 Å². The summed E-state index contributed by atoms with van der Waals surface area (Å²) >= 11 is 0. The van der Waals surface area contributed by atoms with E-state index in [0.717, 1.165) is 0 Å². The molecule has 20 heavy (non-hydrogen) atoms. The van der Waals surface area contributed by atoms with Crippen molar-refractivity contribution in [1.29, 1.82) is 0 Å². The Labute approximate surface area is 114 Å². The lowest BCUT2D eigenvalue weighted by Gasteiger charge is -2.19. The van der Waals surface area contributed by atoms with Gasteiger partial charge in [0.05, 0.1) is 18.0 Å². The Morgan fingerprint density at radius 3 is 2.20 bits per heavy atom. The highest BCUT2D eigenvalue weighted by atomic mass is 16.6. The van der Waals surface area contributed by atoms with Gasteiger partial charge in [0.1, 0.15) is 0 Å². The van der Waals surface area contributed by atoms with Gasteiger partial charge in [-0.2, -0.15) is 0 Å². The quantitative estimate of drug-likeness (QED) is 0.328. The molecule has 0 fully saturated rings. The monoisotopic (exact) mass is 281 g/mol. The molecule has 0 aliphatic rings. The predicted molar refractivity (Wildman–Crippen MR) is 71.2 cm³/mol. The Morgan fingerprint density at radius 2 is 1.75 bits per heavy atom. The Balaban J connectivity index is 2.96. The lowest BCUT2D eigenvalue weighted by molar-refractivity contribution is -0.384. The molecule has 0 radical (unpaired) electrons. The molecule has 0 bridgehead atoms. The Hall–Kier alpha value is -2.68. The Morgan fingerprint density at radius 1 is 1.20 bits per heavy atom. The van der Waals surface area contributed by atoms with E-state index in [1.807, 2.05) is 0 Å². The van der Waals surface area contributed by atoms with Crippen molar-refractivity contribution in [2.45, 2.75) is 6.54 Å². The molecule has 0 atom stereocenters. The number of rotatable bonds is 7. The molecule has 0 spiro atoms. The Kier molecular flexibility index (Phi) is 4.98. The van der Waals surface area contributed by atoms with Gasteiger partial charge in [0.25, 0.3) is 5.69 Å². The summed E-state index contributed by atoms with van der Waals surface area (Å²) in [5.74, 6) is -1.29. The first-order valence-corrected chi connectivity index (χ1v) is 5.61. The molecule has 2 amide bonds. The number of nitrogen functional groups attached to an aromatic ring is 1. The summed E-state index contributed by atoms with van der Waals surface area (Å²) in [5.41, 5.74) is 16.5. The van der Waals surface area contributed by atoms with Crippen molar-refractivity contribution in [2.24, 2.45) is 11.5 Å². The number of nitro benzene ring substituents is 1. The number of primary amides is 2. The first-order valence-electron chi connectivity index (χ1n) is 5.61. The fraction of sp³-hybridized carbons (Fsp3) is 0.273. The van der Waals surface area contributed by atoms with Gasteiger partial charge >= 0.3 is 0 Å². The van der Waals surface area contributed by atoms with Gasteiger partial charge < -0.3 is 17.2 Å². The number of benzene rings is 1. The van der Waals surface area contributed by atoms with E-state index in [2.05, 4.69) is 0 Å². The molecule has 108 valence electrons. The summed E-state index contributed by atoms with van der Waals surface area (Å²) in [7, 11) is 0. The van der Waals surface area contributed by atoms with Crippen molar-refractivity contribution in [1.82, 2.24) is 4.90 Å². The molecule has 0 aliphatic carbocycles. The number of hydrogen-bond donors (Lipinski definition) is 3. The van der Waals surface area contributed by atoms with E-state index >= 15 is 0 Å². The zero-order chi connectivity index (χ0) is 15.3. The smallest absolute Gasteiger partial charge is 0.269 e. The molecule has 0 unspecified atom stereocenters. The average molecular weight is 281 g/mol. The standard InChI is InChI=1S/C11H15N5O4/c12-9-2-1-8(16(19)20)3-7(9)4-15(5-10(13)17)6-11(14)18/h1-3H,4-6,12H2,(H2,13,17)(H2,14,18). The number of nitrogens with zero attached hydrogens (tertiary/aromatic N) is 2. The maximum absolute atomic E-state index is 10.9. The minimum absolute atomic E-state index is 0.0550. The molecular formula is C11H15N5O4. The van der Waals surface area contributed by atoms with Crippen LogP contribution < -0.4 is 17.2 Å². The third-order valence-corrected chi connectivity index (χ3v) is 2.49. The van der Waals surface area contributed by atoms with Crippen molar-refractivity contribution < 1.29 is 14.5 Å². The van der Waals surface area contributed by atoms with Crippen molar-refractivity contribution in [3.8, 4) is 0 Å². The number of carbonyl (C=O) groups is 2. The minimum Gasteiger partial charge on any atom is -0.398 e. The summed E-state index contributed by atoms with van der Waals surface area (Å²) in [4.78, 5) is 33.4. The molecule has 9 heteroatoms. The normalized spacial score (nSPS) is 10.4. The number of amides is 2. The topological polar surface area (TPSA) is 159 Å². The van der Waals surface area contributed by atoms with Crippen LogP contribution in [0.25, 0.3) is 0 Å². The van der Waals surface area contributed by atoms with Gasteiger partial charge in [-0.05, 0) is 11.6 Å². The van der Waals surface area contributed by atoms with E-state index in [1.54, 1.807) is 0 Å². The summed E-state index contributed by atoms with van der Waals surface area (Å²) in [6.07, 6.45) is 0. The second-order valence-corrected chi connectivity index (χ2v) is 4.22. The highest BCUT2D eigenvalue weighted by Crippen LogP contribution is 2.21. The maximum atomic E-state index is 10.9. The van der Waals surface area contributed by atoms with Crippen LogP contribution in [-0.4, -0.2) is 34.7 Å². The van der Waals surface area contributed by atoms with E-state index in [4.69, 9.17) is 17.2 Å². The lowest BCUT2D eigenvalue weighted by atomic mass is 10.1. The third-order valence-electron chi connectivity index (χ3n) is 2.49. The van der Waals surface area contributed by atoms with Crippen LogP contribution in [0.15, 0.2) is 18.2 Å². The van der Waals surface area contributed by atoms with Gasteiger partial charge in [-0.1, -0.05) is 0 Å². The van der Waals surface area contributed by atoms with Crippen LogP contribution >= 0.6 is 0 Å². The van der Waals surface area contributed by atoms with E-state index in [-0.39, 0.29) is 25.3 Å². The SMILES string of the molecule is NC(=O)CN(CC(N)=O)Cc1cc([N+](=O)[O-])ccc1N. The van der Waals surface area contributed by atoms with Crippen molar-refractivity contribution >= 4 is 23.2 Å². The predicted octanol–water partition coefficient (Wildman–Crippen LogP) is -1.05. The van der Waals surface area contributed by atoms with Crippen molar-refractivity contribution in [2.75, 3.05) is 18.8 Å². The number of anilines is 1. The van der Waals surface area contributed by atoms with Gasteiger partial charge in [-0.15, -0.1) is 0 Å². The van der Waals surface area contributed by atoms with Gasteiger partial charge in [-0.3, -0.25) is 24.6 Å². The van der Waals surface area contributed by atoms with Crippen LogP contribution in [-0.2, 0) is 16.1 Å². The molecule has 0 saturated heterocycles. The average Bonchev–Trinajstić information content (AvgIpc) is 2.29. The number of hydrogen-bond acceptors (Lipinski definition) is 6. The summed E-state index contributed by atoms with van der Waals surface area (Å²) in [6.45, 7) is -0.352. The number of carbonyl (C=O) groups excluding carboxylic acids is 2. The molecule has 1 rings (SSSR count). The molecule has 0 aliphatic heterocycles. The van der Waals surface area contributed by atoms with Crippen LogP contribution in [0.3, 0.4) is 0 Å². The minimum atomic E-state index is -0.643. The second-order valence-electron chi connectivity index (χ2n) is 4.22. The van der Waals surface area contributed by atoms with Crippen molar-refractivity contribution in [3.05, 3.63) is 33.9 Å². The zero-order valence-corrected chi connectivity index (χ0v) is 10.6. The Bertz CT molecular complexity index is 530. The summed E-state index contributed by atoms with van der Waals surface area (Å²) in [6, 6.07) is 3.94. The molecule has 0 heterocycles. The van der Waals surface area contributed by atoms with Crippen LogP contribution in [0.5, 0.6) is 0 Å². The molecule has 1 aromatic carbocycles. The van der Waals surface area contributed by atoms with E-state index < -0.39 is 16.7 Å². The van der Waals surface area contributed by atoms with Crippen LogP contribution in [0.2, 0.25) is 0 Å². The molecule has 0 aromatic heterocycles. The maximum Gasteiger partial charge on any atom is 0.269 e. The van der Waals surface area contributed by atoms with E-state index in [9.17, 15) is 19.7 Å². The number of non-ortho nitro benzene ring substituents is 1. The summed E-state index contributed by atoms with van der Waals surface area (Å²) < 4.78 is 0. The third kappa shape index (κ3) is 4.53. The van der Waals surface area contributed by atoms with Crippen LogP contribution in [0.1, 0.15) is 5.56 Å². The van der Waals surface area contributed by atoms with Gasteiger partial charge in [0.15, 0.2) is 0 Å².